The largest absolute Gasteiger partial charge is 0.494 e. The monoisotopic (exact) mass is 456 g/mol. The van der Waals surface area contributed by atoms with Crippen molar-refractivity contribution in [3.8, 4) is 5.75 Å². The number of Topliss-reactive ketones (excluding diaryl/α,β-unsaturated/α-hetero) is 1. The van der Waals surface area contributed by atoms with E-state index in [1.165, 1.54) is 19.8 Å². The Bertz CT molecular complexity index is 987. The summed E-state index contributed by atoms with van der Waals surface area (Å²) in [4.78, 5) is 35.3. The number of oxime groups is 2. The molecule has 0 spiro atoms. The molecule has 0 heterocycles. The summed E-state index contributed by atoms with van der Waals surface area (Å²) in [6.07, 6.45) is 2.04. The van der Waals surface area contributed by atoms with E-state index < -0.39 is 5.97 Å². The zero-order valence-electron chi connectivity index (χ0n) is 20.2. The highest BCUT2D eigenvalue weighted by Gasteiger charge is 2.26. The van der Waals surface area contributed by atoms with Gasteiger partial charge in [-0.2, -0.15) is 0 Å². The lowest BCUT2D eigenvalue weighted by Crippen LogP contribution is -2.23. The lowest BCUT2D eigenvalue weighted by molar-refractivity contribution is -0.132. The Morgan fingerprint density at radius 1 is 1.00 bits per heavy atom. The Kier molecular flexibility index (Phi) is 9.84. The van der Waals surface area contributed by atoms with E-state index in [0.717, 1.165) is 17.6 Å². The van der Waals surface area contributed by atoms with Gasteiger partial charge in [0, 0.05) is 5.56 Å². The van der Waals surface area contributed by atoms with Gasteiger partial charge in [0.25, 0.3) is 0 Å². The fourth-order valence-corrected chi connectivity index (χ4v) is 3.29. The maximum atomic E-state index is 12.7. The van der Waals surface area contributed by atoms with Gasteiger partial charge in [0.1, 0.15) is 25.2 Å². The van der Waals surface area contributed by atoms with Gasteiger partial charge in [0.2, 0.25) is 5.78 Å². The Morgan fingerprint density at radius 3 is 2.27 bits per heavy atom. The molecule has 0 amide bonds. The lowest BCUT2D eigenvalue weighted by atomic mass is 9.85. The molecule has 33 heavy (non-hydrogen) atoms. The molecule has 0 saturated heterocycles. The number of hydrogen-bond donors (Lipinski definition) is 0. The number of carbonyl (C=O) groups excluding carboxylic acids is 2. The highest BCUT2D eigenvalue weighted by Crippen LogP contribution is 2.31. The van der Waals surface area contributed by atoms with E-state index >= 15 is 0 Å². The number of rotatable bonds is 11. The smallest absolute Gasteiger partial charge is 0.360 e. The second-order valence-electron chi connectivity index (χ2n) is 7.76. The van der Waals surface area contributed by atoms with Gasteiger partial charge in [-0.25, -0.2) is 4.79 Å². The molecule has 0 saturated carbocycles. The number of carbonyl (C=O) groups is 2. The van der Waals surface area contributed by atoms with Crippen molar-refractivity contribution in [2.24, 2.45) is 10.3 Å². The summed E-state index contributed by atoms with van der Waals surface area (Å²) in [6, 6.07) is 6.93. The van der Waals surface area contributed by atoms with E-state index in [4.69, 9.17) is 19.1 Å². The molecular weight excluding hydrogens is 424 g/mol. The van der Waals surface area contributed by atoms with Crippen molar-refractivity contribution >= 4 is 23.2 Å². The molecule has 0 N–H and O–H groups in total. The van der Waals surface area contributed by atoms with Gasteiger partial charge in [-0.1, -0.05) is 28.4 Å². The van der Waals surface area contributed by atoms with Crippen molar-refractivity contribution in [2.45, 2.75) is 47.0 Å². The van der Waals surface area contributed by atoms with Gasteiger partial charge >= 0.3 is 5.97 Å². The van der Waals surface area contributed by atoms with E-state index in [1.54, 1.807) is 31.2 Å². The summed E-state index contributed by atoms with van der Waals surface area (Å²) in [7, 11) is 2.67. The minimum absolute atomic E-state index is 0.104. The minimum atomic E-state index is -0.585. The molecule has 1 aromatic carbocycles. The number of nitrogens with zero attached hydrogens (tertiary/aromatic N) is 2. The maximum Gasteiger partial charge on any atom is 0.360 e. The van der Waals surface area contributed by atoms with Gasteiger partial charge in [-0.15, -0.1) is 0 Å². The Hall–Kier alpha value is -3.42. The predicted octanol–water partition coefficient (Wildman–Crippen LogP) is 4.65. The fraction of sp³-hybridized carbons (Fsp3) is 0.440. The molecule has 0 aromatic heterocycles. The highest BCUT2D eigenvalue weighted by molar-refractivity contribution is 6.45. The number of hydrogen-bond acceptors (Lipinski definition) is 8. The summed E-state index contributed by atoms with van der Waals surface area (Å²) < 4.78 is 10.4. The number of ketones is 1. The molecule has 178 valence electrons. The van der Waals surface area contributed by atoms with Crippen molar-refractivity contribution in [3.63, 3.8) is 0 Å². The molecular formula is C25H32N2O6. The van der Waals surface area contributed by atoms with Crippen LogP contribution in [0.1, 0.15) is 57.3 Å². The molecule has 0 bridgehead atoms. The molecule has 8 heteroatoms. The van der Waals surface area contributed by atoms with E-state index in [0.29, 0.717) is 36.3 Å². The van der Waals surface area contributed by atoms with E-state index in [-0.39, 0.29) is 23.8 Å². The molecule has 0 unspecified atom stereocenters. The zero-order valence-corrected chi connectivity index (χ0v) is 20.2. The number of methoxy groups -OCH3 is 1. The standard InChI is InChI=1S/C25H32N2O6/c1-7-12-32-21-10-8-19(9-11-21)24(28)18(4)26-33-15-20-13-16(2)17(3)14-22(20)23(27-31-6)25(29)30-5/h8-11H,7,12-15H2,1-6H3/b26-18+,27-23+. The summed E-state index contributed by atoms with van der Waals surface area (Å²) in [5, 5.41) is 7.88. The highest BCUT2D eigenvalue weighted by atomic mass is 16.6. The van der Waals surface area contributed by atoms with Gasteiger partial charge < -0.3 is 19.1 Å². The Morgan fingerprint density at radius 2 is 1.67 bits per heavy atom. The molecule has 0 radical (unpaired) electrons. The van der Waals surface area contributed by atoms with Crippen molar-refractivity contribution in [2.75, 3.05) is 27.4 Å². The molecule has 0 fully saturated rings. The molecule has 1 aliphatic carbocycles. The van der Waals surface area contributed by atoms with Crippen LogP contribution >= 0.6 is 0 Å². The zero-order chi connectivity index (χ0) is 24.4. The molecule has 0 aliphatic heterocycles. The second-order valence-corrected chi connectivity index (χ2v) is 7.76. The average Bonchev–Trinajstić information content (AvgIpc) is 2.82. The van der Waals surface area contributed by atoms with Crippen LogP contribution in [0.5, 0.6) is 5.75 Å². The SMILES string of the molecule is CCCOc1ccc(C(=O)/C(C)=N/OCC2=C(/C(=N\OC)C(=O)OC)CC(C)=C(C)C2)cc1. The van der Waals surface area contributed by atoms with Crippen LogP contribution in [0.15, 0.2) is 56.9 Å². The van der Waals surface area contributed by atoms with Crippen LogP contribution in [-0.2, 0) is 19.2 Å². The van der Waals surface area contributed by atoms with Crippen LogP contribution in [0.3, 0.4) is 0 Å². The summed E-state index contributed by atoms with van der Waals surface area (Å²) in [6.45, 7) is 8.40. The van der Waals surface area contributed by atoms with Crippen LogP contribution < -0.4 is 4.74 Å². The fourth-order valence-electron chi connectivity index (χ4n) is 3.29. The van der Waals surface area contributed by atoms with Crippen LogP contribution in [-0.4, -0.2) is 50.6 Å². The van der Waals surface area contributed by atoms with Crippen molar-refractivity contribution in [3.05, 3.63) is 52.1 Å². The average molecular weight is 457 g/mol. The van der Waals surface area contributed by atoms with Crippen molar-refractivity contribution < 1.29 is 28.7 Å². The number of allylic oxidation sites excluding steroid dienone is 2. The summed E-state index contributed by atoms with van der Waals surface area (Å²) in [5.41, 5.74) is 4.67. The normalized spacial score (nSPS) is 14.8. The van der Waals surface area contributed by atoms with Crippen LogP contribution in [0, 0.1) is 0 Å². The Labute approximate surface area is 194 Å². The third-order valence-corrected chi connectivity index (χ3v) is 5.28. The molecule has 8 nitrogen and oxygen atoms in total. The first-order chi connectivity index (χ1) is 15.8. The Balaban J connectivity index is 2.16. The number of esters is 1. The quantitative estimate of drug-likeness (QED) is 0.158. The summed E-state index contributed by atoms with van der Waals surface area (Å²) >= 11 is 0. The first-order valence-corrected chi connectivity index (χ1v) is 10.8. The van der Waals surface area contributed by atoms with E-state index in [2.05, 4.69) is 10.3 Å². The van der Waals surface area contributed by atoms with Gasteiger partial charge in [0.15, 0.2) is 5.71 Å². The first-order valence-electron chi connectivity index (χ1n) is 10.8. The number of benzene rings is 1. The van der Waals surface area contributed by atoms with Gasteiger partial charge in [-0.05, 0) is 75.4 Å². The van der Waals surface area contributed by atoms with Crippen LogP contribution in [0.2, 0.25) is 0 Å². The van der Waals surface area contributed by atoms with Gasteiger partial charge in [0.05, 0.1) is 13.7 Å². The van der Waals surface area contributed by atoms with Crippen molar-refractivity contribution in [1.82, 2.24) is 0 Å². The van der Waals surface area contributed by atoms with E-state index in [1.807, 2.05) is 20.8 Å². The minimum Gasteiger partial charge on any atom is -0.494 e. The summed E-state index contributed by atoms with van der Waals surface area (Å²) in [5.74, 6) is -0.107. The molecule has 1 aliphatic rings. The maximum absolute atomic E-state index is 12.7. The second kappa shape index (κ2) is 12.6. The first kappa shape index (κ1) is 25.8. The molecule has 2 rings (SSSR count). The van der Waals surface area contributed by atoms with Crippen molar-refractivity contribution in [1.29, 1.82) is 0 Å². The topological polar surface area (TPSA) is 95.8 Å². The molecule has 0 atom stereocenters. The van der Waals surface area contributed by atoms with Crippen LogP contribution in [0.25, 0.3) is 0 Å². The van der Waals surface area contributed by atoms with Crippen LogP contribution in [0.4, 0.5) is 0 Å². The third kappa shape index (κ3) is 7.03. The predicted molar refractivity (Wildman–Crippen MR) is 127 cm³/mol. The van der Waals surface area contributed by atoms with Gasteiger partial charge in [-0.3, -0.25) is 4.79 Å². The lowest BCUT2D eigenvalue weighted by Gasteiger charge is -2.22. The van der Waals surface area contributed by atoms with E-state index in [9.17, 15) is 9.59 Å². The third-order valence-electron chi connectivity index (χ3n) is 5.28. The molecule has 1 aromatic rings. The number of ether oxygens (including phenoxy) is 2.